The summed E-state index contributed by atoms with van der Waals surface area (Å²) in [6, 6.07) is 9.52. The van der Waals surface area contributed by atoms with Crippen LogP contribution in [0.5, 0.6) is 0 Å². The van der Waals surface area contributed by atoms with Crippen LogP contribution in [0, 0.1) is 0 Å². The summed E-state index contributed by atoms with van der Waals surface area (Å²) in [5.74, 6) is -0.650. The molecule has 1 amide bonds. The van der Waals surface area contributed by atoms with Crippen LogP contribution in [0.25, 0.3) is 10.2 Å². The van der Waals surface area contributed by atoms with Gasteiger partial charge in [0.2, 0.25) is 10.0 Å². The predicted octanol–water partition coefficient (Wildman–Crippen LogP) is 1.80. The first-order valence-corrected chi connectivity index (χ1v) is 11.6. The molecule has 1 unspecified atom stereocenters. The number of thiazole rings is 1. The van der Waals surface area contributed by atoms with Crippen LogP contribution in [0.3, 0.4) is 0 Å². The summed E-state index contributed by atoms with van der Waals surface area (Å²) in [6.07, 6.45) is 1.44. The lowest BCUT2D eigenvalue weighted by atomic mass is 10.2. The lowest BCUT2D eigenvalue weighted by molar-refractivity contribution is 0.0992. The average Bonchev–Trinajstić information content (AvgIpc) is 3.31. The molecule has 4 rings (SSSR count). The van der Waals surface area contributed by atoms with Crippen molar-refractivity contribution in [1.82, 2.24) is 18.8 Å². The number of carbonyl (C=O) groups excluding carboxylic acids is 1. The molecule has 1 aliphatic heterocycles. The van der Waals surface area contributed by atoms with Crippen LogP contribution in [0.15, 0.2) is 41.4 Å². The number of rotatable bonds is 5. The van der Waals surface area contributed by atoms with Crippen molar-refractivity contribution in [2.24, 2.45) is 12.8 Å². The highest BCUT2D eigenvalue weighted by molar-refractivity contribution is 7.89. The monoisotopic (exact) mass is 433 g/mol. The standard InChI is InChI=1S/C19H23N5O3S2/c1-13(19-21-15-5-3-4-6-17(15)28-19)23-7-9-24(10-8-23)29(26,27)14-11-16(18(20)25)22(2)12-14/h3-6,11-13H,7-10H2,1-2H3,(H2,20,25). The normalized spacial score (nSPS) is 17.6. The maximum absolute atomic E-state index is 13.0. The molecule has 3 heterocycles. The fourth-order valence-electron chi connectivity index (χ4n) is 3.63. The highest BCUT2D eigenvalue weighted by atomic mass is 32.2. The quantitative estimate of drug-likeness (QED) is 0.661. The van der Waals surface area contributed by atoms with Crippen LogP contribution < -0.4 is 5.73 Å². The second-order valence-electron chi connectivity index (χ2n) is 7.17. The van der Waals surface area contributed by atoms with Crippen molar-refractivity contribution in [3.8, 4) is 0 Å². The molecule has 0 bridgehead atoms. The Hall–Kier alpha value is -2.27. The Labute approximate surface area is 173 Å². The number of para-hydroxylation sites is 1. The van der Waals surface area contributed by atoms with E-state index in [4.69, 9.17) is 10.7 Å². The van der Waals surface area contributed by atoms with E-state index in [1.54, 1.807) is 18.4 Å². The zero-order valence-electron chi connectivity index (χ0n) is 16.3. The largest absolute Gasteiger partial charge is 0.364 e. The second kappa shape index (κ2) is 7.52. The lowest BCUT2D eigenvalue weighted by Crippen LogP contribution is -2.49. The third-order valence-corrected chi connectivity index (χ3v) is 8.43. The number of sulfonamides is 1. The summed E-state index contributed by atoms with van der Waals surface area (Å²) >= 11 is 1.68. The Morgan fingerprint density at radius 3 is 2.52 bits per heavy atom. The van der Waals surface area contributed by atoms with Gasteiger partial charge in [-0.05, 0) is 25.1 Å². The summed E-state index contributed by atoms with van der Waals surface area (Å²) in [6.45, 7) is 4.12. The van der Waals surface area contributed by atoms with Gasteiger partial charge in [-0.25, -0.2) is 13.4 Å². The SMILES string of the molecule is CC(c1nc2ccccc2s1)N1CCN(S(=O)(=O)c2cc(C(N)=O)n(C)c2)CC1. The number of carbonyl (C=O) groups is 1. The van der Waals surface area contributed by atoms with Gasteiger partial charge in [0.05, 0.1) is 16.3 Å². The summed E-state index contributed by atoms with van der Waals surface area (Å²) in [7, 11) is -2.06. The molecule has 1 atom stereocenters. The van der Waals surface area contributed by atoms with Gasteiger partial charge in [0.25, 0.3) is 5.91 Å². The zero-order valence-corrected chi connectivity index (χ0v) is 17.9. The van der Waals surface area contributed by atoms with Gasteiger partial charge >= 0.3 is 0 Å². The highest BCUT2D eigenvalue weighted by Gasteiger charge is 2.32. The van der Waals surface area contributed by atoms with Crippen molar-refractivity contribution in [3.05, 3.63) is 47.2 Å². The molecule has 0 spiro atoms. The molecule has 2 N–H and O–H groups in total. The van der Waals surface area contributed by atoms with Crippen LogP contribution in [-0.4, -0.2) is 59.3 Å². The van der Waals surface area contributed by atoms with E-state index in [0.29, 0.717) is 26.2 Å². The number of fused-ring (bicyclic) bond motifs is 1. The van der Waals surface area contributed by atoms with Crippen molar-refractivity contribution in [2.45, 2.75) is 17.9 Å². The van der Waals surface area contributed by atoms with Crippen LogP contribution in [0.1, 0.15) is 28.5 Å². The Morgan fingerprint density at radius 1 is 1.21 bits per heavy atom. The second-order valence-corrected chi connectivity index (χ2v) is 10.2. The molecule has 2 aromatic heterocycles. The van der Waals surface area contributed by atoms with E-state index in [2.05, 4.69) is 17.9 Å². The number of amides is 1. The first-order valence-electron chi connectivity index (χ1n) is 9.33. The number of nitrogens with zero attached hydrogens (tertiary/aromatic N) is 4. The van der Waals surface area contributed by atoms with E-state index in [9.17, 15) is 13.2 Å². The Balaban J connectivity index is 1.47. The van der Waals surface area contributed by atoms with Crippen LogP contribution in [0.2, 0.25) is 0 Å². The average molecular weight is 434 g/mol. The van der Waals surface area contributed by atoms with Crippen molar-refractivity contribution in [2.75, 3.05) is 26.2 Å². The number of nitrogens with two attached hydrogens (primary N) is 1. The van der Waals surface area contributed by atoms with Gasteiger partial charge in [0.15, 0.2) is 0 Å². The Kier molecular flexibility index (Phi) is 5.19. The highest BCUT2D eigenvalue weighted by Crippen LogP contribution is 2.30. The molecule has 0 radical (unpaired) electrons. The summed E-state index contributed by atoms with van der Waals surface area (Å²) in [4.78, 5) is 18.5. The molecule has 0 aliphatic carbocycles. The van der Waals surface area contributed by atoms with E-state index in [0.717, 1.165) is 15.2 Å². The maximum Gasteiger partial charge on any atom is 0.265 e. The topological polar surface area (TPSA) is 102 Å². The van der Waals surface area contributed by atoms with E-state index in [1.807, 2.05) is 18.2 Å². The minimum atomic E-state index is -3.67. The smallest absolute Gasteiger partial charge is 0.265 e. The molecule has 0 saturated carbocycles. The molecule has 1 saturated heterocycles. The van der Waals surface area contributed by atoms with Crippen LogP contribution in [-0.2, 0) is 17.1 Å². The fraction of sp³-hybridized carbons (Fsp3) is 0.368. The molecule has 154 valence electrons. The Morgan fingerprint density at radius 2 is 1.90 bits per heavy atom. The lowest BCUT2D eigenvalue weighted by Gasteiger charge is -2.36. The fourth-order valence-corrected chi connectivity index (χ4v) is 6.17. The van der Waals surface area contributed by atoms with E-state index < -0.39 is 15.9 Å². The van der Waals surface area contributed by atoms with Gasteiger partial charge in [-0.1, -0.05) is 12.1 Å². The van der Waals surface area contributed by atoms with E-state index >= 15 is 0 Å². The van der Waals surface area contributed by atoms with Gasteiger partial charge in [-0.3, -0.25) is 9.69 Å². The third-order valence-electron chi connectivity index (χ3n) is 5.36. The van der Waals surface area contributed by atoms with E-state index in [1.165, 1.54) is 21.1 Å². The maximum atomic E-state index is 13.0. The van der Waals surface area contributed by atoms with Crippen LogP contribution in [0.4, 0.5) is 0 Å². The minimum absolute atomic E-state index is 0.0986. The number of aryl methyl sites for hydroxylation is 1. The summed E-state index contributed by atoms with van der Waals surface area (Å²) < 4.78 is 30.0. The number of hydrogen-bond acceptors (Lipinski definition) is 6. The molecular formula is C19H23N5O3S2. The summed E-state index contributed by atoms with van der Waals surface area (Å²) in [5.41, 5.74) is 6.47. The zero-order chi connectivity index (χ0) is 20.8. The van der Waals surface area contributed by atoms with Crippen molar-refractivity contribution in [3.63, 3.8) is 0 Å². The number of hydrogen-bond donors (Lipinski definition) is 1. The van der Waals surface area contributed by atoms with Gasteiger partial charge in [0.1, 0.15) is 15.6 Å². The summed E-state index contributed by atoms with van der Waals surface area (Å²) in [5, 5.41) is 1.04. The first kappa shape index (κ1) is 20.0. The van der Waals surface area contributed by atoms with Crippen molar-refractivity contribution >= 4 is 37.5 Å². The third kappa shape index (κ3) is 3.68. The number of piperazine rings is 1. The molecule has 10 heteroatoms. The van der Waals surface area contributed by atoms with Crippen molar-refractivity contribution in [1.29, 1.82) is 0 Å². The number of aromatic nitrogens is 2. The molecule has 8 nitrogen and oxygen atoms in total. The number of primary amides is 1. The van der Waals surface area contributed by atoms with Gasteiger partial charge in [-0.15, -0.1) is 11.3 Å². The predicted molar refractivity (Wildman–Crippen MR) is 112 cm³/mol. The van der Waals surface area contributed by atoms with Crippen molar-refractivity contribution < 1.29 is 13.2 Å². The van der Waals surface area contributed by atoms with Gasteiger partial charge in [0, 0.05) is 39.4 Å². The molecule has 1 aliphatic rings. The minimum Gasteiger partial charge on any atom is -0.364 e. The molecular weight excluding hydrogens is 410 g/mol. The number of benzene rings is 1. The molecule has 1 fully saturated rings. The van der Waals surface area contributed by atoms with E-state index in [-0.39, 0.29) is 16.6 Å². The Bertz CT molecular complexity index is 1130. The first-order chi connectivity index (χ1) is 13.8. The molecule has 29 heavy (non-hydrogen) atoms. The molecule has 3 aromatic rings. The van der Waals surface area contributed by atoms with Crippen LogP contribution >= 0.6 is 11.3 Å². The molecule has 1 aromatic carbocycles. The van der Waals surface area contributed by atoms with Gasteiger partial charge in [-0.2, -0.15) is 4.31 Å². The van der Waals surface area contributed by atoms with Gasteiger partial charge < -0.3 is 10.3 Å².